The van der Waals surface area contributed by atoms with E-state index in [4.69, 9.17) is 4.74 Å². The average Bonchev–Trinajstić information content (AvgIpc) is 2.46. The van der Waals surface area contributed by atoms with Crippen LogP contribution in [0.4, 0.5) is 0 Å². The molecule has 3 nitrogen and oxygen atoms in total. The van der Waals surface area contributed by atoms with Crippen LogP contribution in [0.1, 0.15) is 31.1 Å². The molecule has 0 fully saturated rings. The Kier molecular flexibility index (Phi) is 1.89. The summed E-state index contributed by atoms with van der Waals surface area (Å²) >= 11 is 0. The summed E-state index contributed by atoms with van der Waals surface area (Å²) < 4.78 is 7.35. The summed E-state index contributed by atoms with van der Waals surface area (Å²) in [5.41, 5.74) is 2.48. The van der Waals surface area contributed by atoms with Gasteiger partial charge in [-0.25, -0.2) is 0 Å². The summed E-state index contributed by atoms with van der Waals surface area (Å²) in [6.45, 7) is 5.84. The molecular formula is C9H14N2O. The van der Waals surface area contributed by atoms with E-state index in [1.165, 1.54) is 11.3 Å². The second-order valence-electron chi connectivity index (χ2n) is 3.48. The second kappa shape index (κ2) is 2.90. The first-order valence-corrected chi connectivity index (χ1v) is 4.42. The van der Waals surface area contributed by atoms with E-state index in [1.54, 1.807) is 0 Å². The van der Waals surface area contributed by atoms with E-state index in [-0.39, 0.29) is 0 Å². The molecule has 3 heteroatoms. The van der Waals surface area contributed by atoms with E-state index in [9.17, 15) is 0 Å². The summed E-state index contributed by atoms with van der Waals surface area (Å²) in [5, 5.41) is 4.49. The molecule has 0 atom stereocenters. The molecular weight excluding hydrogens is 152 g/mol. The lowest BCUT2D eigenvalue weighted by atomic mass is 10.2. The molecule has 1 aliphatic rings. The van der Waals surface area contributed by atoms with E-state index in [2.05, 4.69) is 25.1 Å². The zero-order valence-electron chi connectivity index (χ0n) is 7.58. The fourth-order valence-electron chi connectivity index (χ4n) is 1.41. The molecule has 0 radical (unpaired) electrons. The minimum absolute atomic E-state index is 0.454. The Morgan fingerprint density at radius 2 is 2.42 bits per heavy atom. The van der Waals surface area contributed by atoms with Gasteiger partial charge in [0.1, 0.15) is 0 Å². The van der Waals surface area contributed by atoms with Crippen LogP contribution in [-0.2, 0) is 17.8 Å². The number of aromatic nitrogens is 2. The first-order valence-electron chi connectivity index (χ1n) is 4.42. The molecule has 1 aromatic rings. The standard InChI is InChI=1S/C9H14N2O/c1-7(2)11-5-8-6-12-4-3-9(8)10-11/h5,7H,3-4,6H2,1-2H3. The number of hydrogen-bond acceptors (Lipinski definition) is 2. The first-order chi connectivity index (χ1) is 5.77. The lowest BCUT2D eigenvalue weighted by molar-refractivity contribution is 0.110. The van der Waals surface area contributed by atoms with E-state index in [0.29, 0.717) is 6.04 Å². The van der Waals surface area contributed by atoms with Crippen LogP contribution >= 0.6 is 0 Å². The molecule has 0 N–H and O–H groups in total. The highest BCUT2D eigenvalue weighted by Crippen LogP contribution is 2.16. The maximum absolute atomic E-state index is 5.34. The highest BCUT2D eigenvalue weighted by atomic mass is 16.5. The third-order valence-corrected chi connectivity index (χ3v) is 2.16. The Balaban J connectivity index is 2.32. The van der Waals surface area contributed by atoms with Crippen molar-refractivity contribution in [2.45, 2.75) is 32.9 Å². The van der Waals surface area contributed by atoms with Gasteiger partial charge in [-0.1, -0.05) is 0 Å². The Morgan fingerprint density at radius 1 is 1.58 bits per heavy atom. The summed E-state index contributed by atoms with van der Waals surface area (Å²) in [4.78, 5) is 0. The SMILES string of the molecule is CC(C)n1cc2c(n1)CCOC2. The minimum Gasteiger partial charge on any atom is -0.376 e. The predicted molar refractivity (Wildman–Crippen MR) is 46.0 cm³/mol. The molecule has 66 valence electrons. The summed E-state index contributed by atoms with van der Waals surface area (Å²) in [6, 6.07) is 0.454. The maximum Gasteiger partial charge on any atom is 0.0750 e. The van der Waals surface area contributed by atoms with Crippen LogP contribution in [0.15, 0.2) is 6.20 Å². The van der Waals surface area contributed by atoms with Crippen molar-refractivity contribution in [1.82, 2.24) is 9.78 Å². The number of hydrogen-bond donors (Lipinski definition) is 0. The van der Waals surface area contributed by atoms with Crippen LogP contribution in [0, 0.1) is 0 Å². The van der Waals surface area contributed by atoms with Gasteiger partial charge in [-0.2, -0.15) is 5.10 Å². The largest absolute Gasteiger partial charge is 0.376 e. The quantitative estimate of drug-likeness (QED) is 0.632. The molecule has 0 aromatic carbocycles. The van der Waals surface area contributed by atoms with Gasteiger partial charge in [0.05, 0.1) is 18.9 Å². The topological polar surface area (TPSA) is 27.1 Å². The van der Waals surface area contributed by atoms with Gasteiger partial charge in [0.25, 0.3) is 0 Å². The van der Waals surface area contributed by atoms with Gasteiger partial charge in [-0.3, -0.25) is 4.68 Å². The second-order valence-corrected chi connectivity index (χ2v) is 3.48. The van der Waals surface area contributed by atoms with E-state index in [0.717, 1.165) is 19.6 Å². The molecule has 0 amide bonds. The van der Waals surface area contributed by atoms with E-state index in [1.807, 2.05) is 4.68 Å². The Bertz CT molecular complexity index is 255. The Hall–Kier alpha value is -0.830. The monoisotopic (exact) mass is 166 g/mol. The zero-order chi connectivity index (χ0) is 8.55. The number of ether oxygens (including phenoxy) is 1. The van der Waals surface area contributed by atoms with Gasteiger partial charge in [0.2, 0.25) is 0 Å². The maximum atomic E-state index is 5.34. The Labute approximate surface area is 72.3 Å². The molecule has 0 bridgehead atoms. The lowest BCUT2D eigenvalue weighted by Gasteiger charge is -2.08. The molecule has 2 heterocycles. The van der Waals surface area contributed by atoms with Crippen LogP contribution < -0.4 is 0 Å². The van der Waals surface area contributed by atoms with Gasteiger partial charge >= 0.3 is 0 Å². The molecule has 0 unspecified atom stereocenters. The van der Waals surface area contributed by atoms with Gasteiger partial charge < -0.3 is 4.74 Å². The molecule has 1 aromatic heterocycles. The zero-order valence-corrected chi connectivity index (χ0v) is 7.58. The van der Waals surface area contributed by atoms with Gasteiger partial charge in [-0.15, -0.1) is 0 Å². The van der Waals surface area contributed by atoms with Crippen LogP contribution in [0.25, 0.3) is 0 Å². The number of rotatable bonds is 1. The van der Waals surface area contributed by atoms with Crippen molar-refractivity contribution in [2.24, 2.45) is 0 Å². The highest BCUT2D eigenvalue weighted by molar-refractivity contribution is 5.18. The average molecular weight is 166 g/mol. The number of nitrogens with zero attached hydrogens (tertiary/aromatic N) is 2. The lowest BCUT2D eigenvalue weighted by Crippen LogP contribution is -2.08. The molecule has 1 aliphatic heterocycles. The molecule has 0 saturated heterocycles. The van der Waals surface area contributed by atoms with Gasteiger partial charge in [0, 0.05) is 24.2 Å². The number of fused-ring (bicyclic) bond motifs is 1. The van der Waals surface area contributed by atoms with E-state index < -0.39 is 0 Å². The molecule has 12 heavy (non-hydrogen) atoms. The van der Waals surface area contributed by atoms with Crippen molar-refractivity contribution in [3.8, 4) is 0 Å². The van der Waals surface area contributed by atoms with Crippen LogP contribution in [0.5, 0.6) is 0 Å². The predicted octanol–water partition coefficient (Wildman–Crippen LogP) is 1.54. The molecule has 0 aliphatic carbocycles. The van der Waals surface area contributed by atoms with Gasteiger partial charge in [0.15, 0.2) is 0 Å². The van der Waals surface area contributed by atoms with Crippen molar-refractivity contribution in [2.75, 3.05) is 6.61 Å². The third-order valence-electron chi connectivity index (χ3n) is 2.16. The molecule has 0 spiro atoms. The van der Waals surface area contributed by atoms with Crippen molar-refractivity contribution in [3.05, 3.63) is 17.5 Å². The van der Waals surface area contributed by atoms with Crippen LogP contribution in [0.3, 0.4) is 0 Å². The fraction of sp³-hybridized carbons (Fsp3) is 0.667. The van der Waals surface area contributed by atoms with E-state index >= 15 is 0 Å². The molecule has 0 saturated carbocycles. The van der Waals surface area contributed by atoms with Crippen LogP contribution in [-0.4, -0.2) is 16.4 Å². The molecule has 2 rings (SSSR count). The third kappa shape index (κ3) is 1.25. The van der Waals surface area contributed by atoms with Crippen molar-refractivity contribution in [1.29, 1.82) is 0 Å². The summed E-state index contributed by atoms with van der Waals surface area (Å²) in [7, 11) is 0. The summed E-state index contributed by atoms with van der Waals surface area (Å²) in [6.07, 6.45) is 3.06. The normalized spacial score (nSPS) is 16.6. The highest BCUT2D eigenvalue weighted by Gasteiger charge is 2.14. The Morgan fingerprint density at radius 3 is 3.08 bits per heavy atom. The van der Waals surface area contributed by atoms with Crippen LogP contribution in [0.2, 0.25) is 0 Å². The van der Waals surface area contributed by atoms with Gasteiger partial charge in [-0.05, 0) is 13.8 Å². The summed E-state index contributed by atoms with van der Waals surface area (Å²) in [5.74, 6) is 0. The van der Waals surface area contributed by atoms with Crippen molar-refractivity contribution in [3.63, 3.8) is 0 Å². The van der Waals surface area contributed by atoms with Crippen molar-refractivity contribution < 1.29 is 4.74 Å². The first kappa shape index (κ1) is 7.80. The van der Waals surface area contributed by atoms with Crippen molar-refractivity contribution >= 4 is 0 Å². The fourth-order valence-corrected chi connectivity index (χ4v) is 1.41. The minimum atomic E-state index is 0.454. The smallest absolute Gasteiger partial charge is 0.0750 e.